The van der Waals surface area contributed by atoms with Gasteiger partial charge in [-0.15, -0.1) is 11.3 Å². The topological polar surface area (TPSA) is 41.1 Å². The lowest BCUT2D eigenvalue weighted by molar-refractivity contribution is -0.115. The number of amides is 1. The summed E-state index contributed by atoms with van der Waals surface area (Å²) in [4.78, 5) is 13.7. The van der Waals surface area contributed by atoms with Crippen LogP contribution in [0.4, 0.5) is 5.69 Å². The van der Waals surface area contributed by atoms with Gasteiger partial charge < -0.3 is 5.32 Å². The monoisotopic (exact) mass is 384 g/mol. The maximum Gasteiger partial charge on any atom is 0.238 e. The average Bonchev–Trinajstić information content (AvgIpc) is 3.13. The third-order valence-electron chi connectivity index (χ3n) is 4.12. The van der Waals surface area contributed by atoms with Gasteiger partial charge in [0.25, 0.3) is 0 Å². The lowest BCUT2D eigenvalue weighted by Crippen LogP contribution is -2.31. The van der Waals surface area contributed by atoms with E-state index in [2.05, 4.69) is 28.8 Å². The smallest absolute Gasteiger partial charge is 0.238 e. The van der Waals surface area contributed by atoms with E-state index in [1.807, 2.05) is 55.6 Å². The summed E-state index contributed by atoms with van der Waals surface area (Å²) in [6.07, 6.45) is 0. The number of aryl methyl sites for hydroxylation is 2. The largest absolute Gasteiger partial charge is 0.323 e. The van der Waals surface area contributed by atoms with Crippen LogP contribution in [-0.4, -0.2) is 12.5 Å². The number of thiophene rings is 1. The molecule has 1 amide bonds. The fourth-order valence-corrected chi connectivity index (χ4v) is 4.13. The highest BCUT2D eigenvalue weighted by Crippen LogP contribution is 2.28. The fraction of sp³-hybridized carbons (Fsp3) is 0.190. The van der Waals surface area contributed by atoms with E-state index in [-0.39, 0.29) is 18.5 Å². The van der Waals surface area contributed by atoms with Crippen molar-refractivity contribution in [3.63, 3.8) is 0 Å². The molecule has 3 rings (SSSR count). The number of rotatable bonds is 6. The summed E-state index contributed by atoms with van der Waals surface area (Å²) < 4.78 is 0. The van der Waals surface area contributed by atoms with Crippen LogP contribution in [0.25, 0.3) is 0 Å². The zero-order valence-electron chi connectivity index (χ0n) is 14.8. The normalized spacial score (nSPS) is 12.0. The van der Waals surface area contributed by atoms with Crippen LogP contribution >= 0.6 is 22.9 Å². The standard InChI is InChI=1S/C21H21ClN2OS/c1-14-11-15(2)20(17(22)12-14)24-19(25)13-23-21(18-9-6-10-26-18)16-7-4-3-5-8-16/h3-12,21,23H,13H2,1-2H3,(H,24,25)/t21-/m0/s1. The van der Waals surface area contributed by atoms with Crippen molar-refractivity contribution in [2.45, 2.75) is 19.9 Å². The van der Waals surface area contributed by atoms with Crippen molar-refractivity contribution in [2.24, 2.45) is 0 Å². The summed E-state index contributed by atoms with van der Waals surface area (Å²) in [5.41, 5.74) is 3.84. The Labute approximate surface area is 163 Å². The molecule has 0 spiro atoms. The molecule has 0 unspecified atom stereocenters. The van der Waals surface area contributed by atoms with Gasteiger partial charge in [-0.2, -0.15) is 0 Å². The van der Waals surface area contributed by atoms with Gasteiger partial charge in [0.05, 0.1) is 23.3 Å². The van der Waals surface area contributed by atoms with Crippen LogP contribution in [0.5, 0.6) is 0 Å². The Morgan fingerprint density at radius 3 is 2.54 bits per heavy atom. The Morgan fingerprint density at radius 2 is 1.88 bits per heavy atom. The SMILES string of the molecule is Cc1cc(C)c(NC(=O)CN[C@@H](c2ccccc2)c2cccs2)c(Cl)c1. The highest BCUT2D eigenvalue weighted by atomic mass is 35.5. The molecule has 3 nitrogen and oxygen atoms in total. The van der Waals surface area contributed by atoms with Crippen molar-refractivity contribution in [1.82, 2.24) is 5.32 Å². The number of hydrogen-bond acceptors (Lipinski definition) is 3. The van der Waals surface area contributed by atoms with Crippen molar-refractivity contribution in [1.29, 1.82) is 0 Å². The third kappa shape index (κ3) is 4.52. The lowest BCUT2D eigenvalue weighted by Gasteiger charge is -2.18. The van der Waals surface area contributed by atoms with Gasteiger partial charge in [0.1, 0.15) is 0 Å². The van der Waals surface area contributed by atoms with Gasteiger partial charge in [-0.3, -0.25) is 10.1 Å². The Hall–Kier alpha value is -2.14. The second kappa shape index (κ2) is 8.49. The van der Waals surface area contributed by atoms with E-state index >= 15 is 0 Å². The van der Waals surface area contributed by atoms with E-state index in [0.717, 1.165) is 16.7 Å². The number of hydrogen-bond donors (Lipinski definition) is 2. The van der Waals surface area contributed by atoms with E-state index in [4.69, 9.17) is 11.6 Å². The molecule has 1 aromatic heterocycles. The molecule has 0 aliphatic heterocycles. The van der Waals surface area contributed by atoms with E-state index < -0.39 is 0 Å². The van der Waals surface area contributed by atoms with E-state index in [1.165, 1.54) is 4.88 Å². The van der Waals surface area contributed by atoms with Gasteiger partial charge in [-0.25, -0.2) is 0 Å². The molecule has 0 saturated carbocycles. The Kier molecular flexibility index (Phi) is 6.09. The summed E-state index contributed by atoms with van der Waals surface area (Å²) in [6, 6.07) is 18.1. The molecular weight excluding hydrogens is 364 g/mol. The quantitative estimate of drug-likeness (QED) is 0.602. The van der Waals surface area contributed by atoms with Crippen LogP contribution in [0.15, 0.2) is 60.0 Å². The van der Waals surface area contributed by atoms with E-state index in [9.17, 15) is 4.79 Å². The third-order valence-corrected chi connectivity index (χ3v) is 5.36. The second-order valence-corrected chi connectivity index (χ2v) is 7.61. The molecule has 2 N–H and O–H groups in total. The highest BCUT2D eigenvalue weighted by molar-refractivity contribution is 7.10. The summed E-state index contributed by atoms with van der Waals surface area (Å²) >= 11 is 7.96. The predicted octanol–water partition coefficient (Wildman–Crippen LogP) is 5.34. The number of carbonyl (C=O) groups is 1. The first-order chi connectivity index (χ1) is 12.5. The zero-order valence-corrected chi connectivity index (χ0v) is 16.3. The average molecular weight is 385 g/mol. The highest BCUT2D eigenvalue weighted by Gasteiger charge is 2.16. The van der Waals surface area contributed by atoms with E-state index in [0.29, 0.717) is 10.7 Å². The maximum atomic E-state index is 12.5. The summed E-state index contributed by atoms with van der Waals surface area (Å²) in [6.45, 7) is 4.12. The van der Waals surface area contributed by atoms with Crippen LogP contribution in [0.1, 0.15) is 27.6 Å². The number of halogens is 1. The zero-order chi connectivity index (χ0) is 18.5. The van der Waals surface area contributed by atoms with Crippen LogP contribution in [0, 0.1) is 13.8 Å². The second-order valence-electron chi connectivity index (χ2n) is 6.23. The Morgan fingerprint density at radius 1 is 1.12 bits per heavy atom. The summed E-state index contributed by atoms with van der Waals surface area (Å²) in [5.74, 6) is -0.114. The first-order valence-electron chi connectivity index (χ1n) is 8.43. The van der Waals surface area contributed by atoms with Crippen LogP contribution in [0.2, 0.25) is 5.02 Å². The number of nitrogens with one attached hydrogen (secondary N) is 2. The van der Waals surface area contributed by atoms with Gasteiger partial charge in [0.2, 0.25) is 5.91 Å². The van der Waals surface area contributed by atoms with Crippen LogP contribution < -0.4 is 10.6 Å². The number of anilines is 1. The molecule has 5 heteroatoms. The van der Waals surface area contributed by atoms with Crippen molar-refractivity contribution in [3.05, 3.63) is 86.6 Å². The molecule has 2 aromatic carbocycles. The minimum absolute atomic E-state index is 0.0171. The minimum Gasteiger partial charge on any atom is -0.323 e. The van der Waals surface area contributed by atoms with Gasteiger partial charge in [-0.05, 0) is 48.1 Å². The Bertz CT molecular complexity index is 855. The Balaban J connectivity index is 1.71. The van der Waals surface area contributed by atoms with E-state index in [1.54, 1.807) is 11.3 Å². The van der Waals surface area contributed by atoms with Gasteiger partial charge in [-0.1, -0.05) is 54.1 Å². The van der Waals surface area contributed by atoms with Gasteiger partial charge in [0.15, 0.2) is 0 Å². The molecule has 1 heterocycles. The van der Waals surface area contributed by atoms with Crippen LogP contribution in [0.3, 0.4) is 0 Å². The molecule has 0 aliphatic rings. The molecule has 0 radical (unpaired) electrons. The summed E-state index contributed by atoms with van der Waals surface area (Å²) in [5, 5.41) is 8.90. The molecule has 1 atom stereocenters. The molecule has 3 aromatic rings. The number of carbonyl (C=O) groups excluding carboxylic acids is 1. The molecule has 0 bridgehead atoms. The van der Waals surface area contributed by atoms with Gasteiger partial charge >= 0.3 is 0 Å². The molecule has 0 saturated heterocycles. The molecular formula is C21H21ClN2OS. The van der Waals surface area contributed by atoms with Crippen molar-refractivity contribution >= 4 is 34.5 Å². The molecule has 134 valence electrons. The first-order valence-corrected chi connectivity index (χ1v) is 9.68. The van der Waals surface area contributed by atoms with Crippen molar-refractivity contribution in [3.8, 4) is 0 Å². The maximum absolute atomic E-state index is 12.5. The molecule has 26 heavy (non-hydrogen) atoms. The molecule has 0 aliphatic carbocycles. The molecule has 0 fully saturated rings. The van der Waals surface area contributed by atoms with Crippen LogP contribution in [-0.2, 0) is 4.79 Å². The minimum atomic E-state index is -0.114. The van der Waals surface area contributed by atoms with Crippen molar-refractivity contribution < 1.29 is 4.79 Å². The fourth-order valence-electron chi connectivity index (χ4n) is 2.94. The predicted molar refractivity (Wildman–Crippen MR) is 110 cm³/mol. The number of benzene rings is 2. The van der Waals surface area contributed by atoms with Crippen molar-refractivity contribution in [2.75, 3.05) is 11.9 Å². The first kappa shape index (κ1) is 18.6. The summed E-state index contributed by atoms with van der Waals surface area (Å²) in [7, 11) is 0. The van der Waals surface area contributed by atoms with Gasteiger partial charge in [0, 0.05) is 4.88 Å². The lowest BCUT2D eigenvalue weighted by atomic mass is 10.1.